The van der Waals surface area contributed by atoms with E-state index < -0.39 is 15.6 Å². The first-order valence-electron chi connectivity index (χ1n) is 5.08. The SMILES string of the molecule is CC(C)(N)CS(=O)(=O)N1CCCCC1. The minimum Gasteiger partial charge on any atom is -0.325 e. The summed E-state index contributed by atoms with van der Waals surface area (Å²) in [5.74, 6) is 0.0417. The summed E-state index contributed by atoms with van der Waals surface area (Å²) in [4.78, 5) is 0. The molecule has 0 aromatic rings. The molecule has 4 nitrogen and oxygen atoms in total. The molecule has 1 aliphatic heterocycles. The molecule has 0 aromatic carbocycles. The molecular weight excluding hydrogens is 200 g/mol. The number of hydrogen-bond acceptors (Lipinski definition) is 3. The van der Waals surface area contributed by atoms with E-state index in [9.17, 15) is 8.42 Å². The van der Waals surface area contributed by atoms with Gasteiger partial charge in [-0.05, 0) is 26.7 Å². The van der Waals surface area contributed by atoms with Gasteiger partial charge in [0.2, 0.25) is 10.0 Å². The van der Waals surface area contributed by atoms with Crippen LogP contribution in [0.3, 0.4) is 0 Å². The Hall–Kier alpha value is -0.130. The molecule has 2 N–H and O–H groups in total. The lowest BCUT2D eigenvalue weighted by Gasteiger charge is -2.29. The molecule has 0 saturated carbocycles. The van der Waals surface area contributed by atoms with Crippen molar-refractivity contribution in [2.45, 2.75) is 38.6 Å². The number of rotatable bonds is 3. The van der Waals surface area contributed by atoms with Gasteiger partial charge in [-0.15, -0.1) is 0 Å². The van der Waals surface area contributed by atoms with Gasteiger partial charge in [-0.25, -0.2) is 12.7 Å². The third kappa shape index (κ3) is 3.55. The molecule has 1 saturated heterocycles. The zero-order valence-electron chi connectivity index (χ0n) is 8.99. The van der Waals surface area contributed by atoms with Crippen LogP contribution in [0.1, 0.15) is 33.1 Å². The molecule has 0 aromatic heterocycles. The first-order valence-corrected chi connectivity index (χ1v) is 6.69. The zero-order valence-corrected chi connectivity index (χ0v) is 9.81. The Morgan fingerprint density at radius 1 is 1.21 bits per heavy atom. The van der Waals surface area contributed by atoms with Crippen molar-refractivity contribution < 1.29 is 8.42 Å². The quantitative estimate of drug-likeness (QED) is 0.755. The fourth-order valence-electron chi connectivity index (χ4n) is 1.70. The van der Waals surface area contributed by atoms with E-state index in [1.165, 1.54) is 0 Å². The Morgan fingerprint density at radius 3 is 2.14 bits per heavy atom. The van der Waals surface area contributed by atoms with Gasteiger partial charge in [-0.3, -0.25) is 0 Å². The fourth-order valence-corrected chi connectivity index (χ4v) is 3.64. The maximum absolute atomic E-state index is 11.8. The number of piperidine rings is 1. The molecule has 0 amide bonds. The van der Waals surface area contributed by atoms with E-state index in [4.69, 9.17) is 5.73 Å². The number of nitrogens with two attached hydrogens (primary N) is 1. The highest BCUT2D eigenvalue weighted by atomic mass is 32.2. The van der Waals surface area contributed by atoms with Crippen LogP contribution in [0, 0.1) is 0 Å². The smallest absolute Gasteiger partial charge is 0.215 e. The largest absolute Gasteiger partial charge is 0.325 e. The van der Waals surface area contributed by atoms with Crippen LogP contribution in [-0.2, 0) is 10.0 Å². The molecule has 0 atom stereocenters. The van der Waals surface area contributed by atoms with Crippen LogP contribution in [0.5, 0.6) is 0 Å². The van der Waals surface area contributed by atoms with E-state index in [-0.39, 0.29) is 5.75 Å². The van der Waals surface area contributed by atoms with Gasteiger partial charge in [0.05, 0.1) is 5.75 Å². The Morgan fingerprint density at radius 2 is 1.71 bits per heavy atom. The first-order chi connectivity index (χ1) is 6.31. The normalized spacial score (nSPS) is 21.1. The monoisotopic (exact) mass is 220 g/mol. The van der Waals surface area contributed by atoms with E-state index in [0.717, 1.165) is 19.3 Å². The summed E-state index contributed by atoms with van der Waals surface area (Å²) >= 11 is 0. The predicted molar refractivity (Wildman–Crippen MR) is 57.5 cm³/mol. The standard InChI is InChI=1S/C9H20N2O2S/c1-9(2,10)8-14(12,13)11-6-4-3-5-7-11/h3-8,10H2,1-2H3. The van der Waals surface area contributed by atoms with Gasteiger partial charge in [-0.1, -0.05) is 6.42 Å². The van der Waals surface area contributed by atoms with Gasteiger partial charge in [-0.2, -0.15) is 0 Å². The van der Waals surface area contributed by atoms with Crippen molar-refractivity contribution >= 4 is 10.0 Å². The van der Waals surface area contributed by atoms with Gasteiger partial charge in [0.25, 0.3) is 0 Å². The van der Waals surface area contributed by atoms with Crippen molar-refractivity contribution in [2.24, 2.45) is 5.73 Å². The Bertz CT molecular complexity index is 274. The minimum atomic E-state index is -3.13. The molecule has 84 valence electrons. The van der Waals surface area contributed by atoms with Crippen LogP contribution >= 0.6 is 0 Å². The van der Waals surface area contributed by atoms with Gasteiger partial charge in [0.15, 0.2) is 0 Å². The van der Waals surface area contributed by atoms with Crippen LogP contribution in [-0.4, -0.2) is 37.1 Å². The molecular formula is C9H20N2O2S. The first kappa shape index (κ1) is 11.9. The van der Waals surface area contributed by atoms with Gasteiger partial charge < -0.3 is 5.73 Å². The Kier molecular flexibility index (Phi) is 3.55. The Labute approximate surface area is 86.5 Å². The second-order valence-electron chi connectivity index (χ2n) is 4.70. The summed E-state index contributed by atoms with van der Waals surface area (Å²) in [6, 6.07) is 0. The topological polar surface area (TPSA) is 63.4 Å². The maximum Gasteiger partial charge on any atom is 0.215 e. The van der Waals surface area contributed by atoms with E-state index in [1.54, 1.807) is 18.2 Å². The average Bonchev–Trinajstić information content (AvgIpc) is 2.01. The van der Waals surface area contributed by atoms with Gasteiger partial charge >= 0.3 is 0 Å². The van der Waals surface area contributed by atoms with Crippen LogP contribution in [0.2, 0.25) is 0 Å². The van der Waals surface area contributed by atoms with Gasteiger partial charge in [0.1, 0.15) is 0 Å². The summed E-state index contributed by atoms with van der Waals surface area (Å²) in [5.41, 5.74) is 5.08. The lowest BCUT2D eigenvalue weighted by atomic mass is 10.1. The highest BCUT2D eigenvalue weighted by Gasteiger charge is 2.28. The predicted octanol–water partition coefficient (Wildman–Crippen LogP) is 0.539. The minimum absolute atomic E-state index is 0.0417. The van der Waals surface area contributed by atoms with Crippen molar-refractivity contribution in [3.05, 3.63) is 0 Å². The summed E-state index contributed by atoms with van der Waals surface area (Å²) in [7, 11) is -3.13. The lowest BCUT2D eigenvalue weighted by Crippen LogP contribution is -2.46. The molecule has 1 aliphatic rings. The molecule has 1 heterocycles. The van der Waals surface area contributed by atoms with Gasteiger partial charge in [0, 0.05) is 18.6 Å². The molecule has 0 radical (unpaired) electrons. The Balaban J connectivity index is 2.64. The fraction of sp³-hybridized carbons (Fsp3) is 1.00. The highest BCUT2D eigenvalue weighted by Crippen LogP contribution is 2.15. The molecule has 0 unspecified atom stereocenters. The van der Waals surface area contributed by atoms with E-state index in [1.807, 2.05) is 0 Å². The van der Waals surface area contributed by atoms with Crippen LogP contribution in [0.4, 0.5) is 0 Å². The van der Waals surface area contributed by atoms with E-state index in [2.05, 4.69) is 0 Å². The highest BCUT2D eigenvalue weighted by molar-refractivity contribution is 7.89. The van der Waals surface area contributed by atoms with E-state index in [0.29, 0.717) is 13.1 Å². The van der Waals surface area contributed by atoms with Crippen molar-refractivity contribution in [2.75, 3.05) is 18.8 Å². The van der Waals surface area contributed by atoms with Crippen molar-refractivity contribution in [3.63, 3.8) is 0 Å². The number of hydrogen-bond donors (Lipinski definition) is 1. The summed E-state index contributed by atoms with van der Waals surface area (Å²) in [6.45, 7) is 4.82. The summed E-state index contributed by atoms with van der Waals surface area (Å²) in [5, 5.41) is 0. The van der Waals surface area contributed by atoms with Crippen molar-refractivity contribution in [1.29, 1.82) is 0 Å². The van der Waals surface area contributed by atoms with Crippen LogP contribution < -0.4 is 5.73 Å². The number of nitrogens with zero attached hydrogens (tertiary/aromatic N) is 1. The third-order valence-electron chi connectivity index (χ3n) is 2.26. The molecule has 1 rings (SSSR count). The molecule has 0 bridgehead atoms. The molecule has 5 heteroatoms. The molecule has 1 fully saturated rings. The van der Waals surface area contributed by atoms with Crippen LogP contribution in [0.15, 0.2) is 0 Å². The summed E-state index contributed by atoms with van der Waals surface area (Å²) in [6.07, 6.45) is 3.09. The second kappa shape index (κ2) is 4.16. The maximum atomic E-state index is 11.8. The van der Waals surface area contributed by atoms with Crippen molar-refractivity contribution in [1.82, 2.24) is 4.31 Å². The molecule has 0 spiro atoms. The van der Waals surface area contributed by atoms with Crippen molar-refractivity contribution in [3.8, 4) is 0 Å². The second-order valence-corrected chi connectivity index (χ2v) is 6.67. The number of sulfonamides is 1. The molecule has 14 heavy (non-hydrogen) atoms. The lowest BCUT2D eigenvalue weighted by molar-refractivity contribution is 0.343. The average molecular weight is 220 g/mol. The summed E-state index contributed by atoms with van der Waals surface area (Å²) < 4.78 is 25.3. The van der Waals surface area contributed by atoms with Crippen LogP contribution in [0.25, 0.3) is 0 Å². The molecule has 0 aliphatic carbocycles. The zero-order chi connectivity index (χ0) is 10.8. The van der Waals surface area contributed by atoms with E-state index >= 15 is 0 Å². The third-order valence-corrected chi connectivity index (χ3v) is 4.52.